The molecule has 0 unspecified atom stereocenters. The number of thiophene rings is 1. The fourth-order valence-electron chi connectivity index (χ4n) is 11.8. The molecule has 3 heteroatoms. The molecule has 0 aliphatic heterocycles. The third-order valence-corrected chi connectivity index (χ3v) is 15.6. The molecule has 15 rings (SSSR count). The van der Waals surface area contributed by atoms with Crippen LogP contribution in [0.25, 0.3) is 152 Å². The van der Waals surface area contributed by atoms with Crippen molar-refractivity contribution in [3.05, 3.63) is 207 Å². The zero-order valence-corrected chi connectivity index (χ0v) is 35.7. The molecule has 1 aliphatic rings. The fraction of sp³-hybridized carbons (Fsp3) is 0. The van der Waals surface area contributed by atoms with Crippen molar-refractivity contribution in [1.29, 1.82) is 0 Å². The monoisotopic (exact) mass is 838 g/mol. The lowest BCUT2D eigenvalue weighted by molar-refractivity contribution is 1.33. The lowest BCUT2D eigenvalue weighted by Crippen LogP contribution is -1.93. The van der Waals surface area contributed by atoms with Crippen LogP contribution < -0.4 is 0 Å². The smallest absolute Gasteiger partial charge is 0.0434 e. The van der Waals surface area contributed by atoms with Crippen molar-refractivity contribution >= 4 is 96.1 Å². The molecule has 0 radical (unpaired) electrons. The van der Waals surface area contributed by atoms with Crippen molar-refractivity contribution < 1.29 is 0 Å². The summed E-state index contributed by atoms with van der Waals surface area (Å²) in [6.45, 7) is 0. The molecule has 14 aromatic rings. The third-order valence-electron chi connectivity index (χ3n) is 14.3. The zero-order valence-electron chi connectivity index (χ0n) is 34.9. The van der Waals surface area contributed by atoms with Crippen LogP contribution in [0.3, 0.4) is 0 Å². The summed E-state index contributed by atoms with van der Waals surface area (Å²) >= 11 is 1.91. The van der Waals surface area contributed by atoms with E-state index in [1.54, 1.807) is 0 Å². The van der Waals surface area contributed by atoms with Crippen LogP contribution >= 0.6 is 11.3 Å². The normalized spacial score (nSPS) is 12.3. The first-order valence-corrected chi connectivity index (χ1v) is 23.1. The number of hydrogen-bond donors (Lipinski definition) is 0. The van der Waals surface area contributed by atoms with Gasteiger partial charge in [-0.05, 0) is 168 Å². The van der Waals surface area contributed by atoms with Gasteiger partial charge in [-0.15, -0.1) is 11.3 Å². The maximum absolute atomic E-state index is 4.45. The van der Waals surface area contributed by atoms with E-state index in [1.165, 1.54) is 152 Å². The molecule has 0 saturated carbocycles. The number of aromatic nitrogens is 2. The molecule has 298 valence electrons. The minimum atomic E-state index is 1.17. The Labute approximate surface area is 377 Å². The average Bonchev–Trinajstić information content (AvgIpc) is 3.91. The van der Waals surface area contributed by atoms with Crippen molar-refractivity contribution in [2.45, 2.75) is 0 Å². The number of hydrogen-bond acceptors (Lipinski definition) is 3. The van der Waals surface area contributed by atoms with Gasteiger partial charge in [0.05, 0.1) is 0 Å². The molecular weight excluding hydrogens is 805 g/mol. The molecule has 1 aliphatic carbocycles. The molecule has 0 saturated heterocycles. The highest BCUT2D eigenvalue weighted by molar-refractivity contribution is 7.26. The minimum absolute atomic E-state index is 1.17. The van der Waals surface area contributed by atoms with Crippen molar-refractivity contribution in [1.82, 2.24) is 9.97 Å². The van der Waals surface area contributed by atoms with Crippen LogP contribution in [0.1, 0.15) is 0 Å². The van der Waals surface area contributed by atoms with Gasteiger partial charge >= 0.3 is 0 Å². The van der Waals surface area contributed by atoms with Crippen LogP contribution in [-0.2, 0) is 0 Å². The average molecular weight is 839 g/mol. The maximum Gasteiger partial charge on any atom is 0.0434 e. The quantitative estimate of drug-likeness (QED) is 0.130. The molecule has 65 heavy (non-hydrogen) atoms. The first-order valence-electron chi connectivity index (χ1n) is 22.3. The second-order valence-corrected chi connectivity index (χ2v) is 18.6. The summed E-state index contributed by atoms with van der Waals surface area (Å²) in [5, 5.41) is 18.1. The molecule has 0 amide bonds. The Morgan fingerprint density at radius 1 is 0.277 bits per heavy atom. The van der Waals surface area contributed by atoms with Gasteiger partial charge in [0.1, 0.15) is 0 Å². The summed E-state index contributed by atoms with van der Waals surface area (Å²) in [6, 6.07) is 68.4. The van der Waals surface area contributed by atoms with E-state index in [0.717, 1.165) is 0 Å². The third kappa shape index (κ3) is 4.77. The largest absolute Gasteiger partial charge is 0.265 e. The van der Waals surface area contributed by atoms with Gasteiger partial charge in [0, 0.05) is 50.5 Å². The Hall–Kier alpha value is -8.24. The molecule has 11 aromatic carbocycles. The van der Waals surface area contributed by atoms with E-state index in [2.05, 4.69) is 192 Å². The first kappa shape index (κ1) is 35.2. The Morgan fingerprint density at radius 3 is 1.48 bits per heavy atom. The second-order valence-electron chi connectivity index (χ2n) is 17.5. The van der Waals surface area contributed by atoms with Crippen molar-refractivity contribution in [2.24, 2.45) is 0 Å². The number of pyridine rings is 2. The molecule has 0 atom stereocenters. The second kappa shape index (κ2) is 13.2. The van der Waals surface area contributed by atoms with E-state index in [9.17, 15) is 0 Å². The SMILES string of the molecule is c1ccc2c(c1)sc1c(-c3ccc4c5c(cccc35)-c3c-4c(-c4ccncc4)c4ccccc4c3-c3ccncc3)cc(-c3ccc4c5cccc6cccc(c7cccc3c74)c65)cc12. The molecule has 0 N–H and O–H groups in total. The van der Waals surface area contributed by atoms with Crippen molar-refractivity contribution in [2.75, 3.05) is 0 Å². The lowest BCUT2D eigenvalue weighted by atomic mass is 9.83. The van der Waals surface area contributed by atoms with Gasteiger partial charge in [0.2, 0.25) is 0 Å². The summed E-state index contributed by atoms with van der Waals surface area (Å²) in [6.07, 6.45) is 7.67. The summed E-state index contributed by atoms with van der Waals surface area (Å²) < 4.78 is 2.62. The summed E-state index contributed by atoms with van der Waals surface area (Å²) in [4.78, 5) is 8.89. The van der Waals surface area contributed by atoms with Gasteiger partial charge in [-0.2, -0.15) is 0 Å². The van der Waals surface area contributed by atoms with Crippen molar-refractivity contribution in [3.63, 3.8) is 0 Å². The molecule has 0 bridgehead atoms. The number of rotatable bonds is 4. The Kier molecular flexibility index (Phi) is 7.13. The van der Waals surface area contributed by atoms with E-state index < -0.39 is 0 Å². The maximum atomic E-state index is 4.45. The molecular formula is C62H34N2S. The number of fused-ring (bicyclic) bond motifs is 9. The number of nitrogens with zero attached hydrogens (tertiary/aromatic N) is 2. The molecule has 3 heterocycles. The zero-order chi connectivity index (χ0) is 42.3. The predicted octanol–water partition coefficient (Wildman–Crippen LogP) is 17.5. The van der Waals surface area contributed by atoms with E-state index in [4.69, 9.17) is 0 Å². The highest BCUT2D eigenvalue weighted by Crippen LogP contribution is 2.59. The van der Waals surface area contributed by atoms with Crippen LogP contribution in [0, 0.1) is 0 Å². The van der Waals surface area contributed by atoms with Gasteiger partial charge in [0.25, 0.3) is 0 Å². The Bertz CT molecular complexity index is 4200. The lowest BCUT2D eigenvalue weighted by Gasteiger charge is -2.20. The summed E-state index contributed by atoms with van der Waals surface area (Å²) in [5.41, 5.74) is 14.9. The summed E-state index contributed by atoms with van der Waals surface area (Å²) in [7, 11) is 0. The van der Waals surface area contributed by atoms with E-state index in [1.807, 2.05) is 36.1 Å². The molecule has 0 fully saturated rings. The Balaban J connectivity index is 1.04. The van der Waals surface area contributed by atoms with Gasteiger partial charge in [-0.3, -0.25) is 9.97 Å². The summed E-state index contributed by atoms with van der Waals surface area (Å²) in [5.74, 6) is 0. The predicted molar refractivity (Wildman–Crippen MR) is 277 cm³/mol. The van der Waals surface area contributed by atoms with E-state index >= 15 is 0 Å². The highest BCUT2D eigenvalue weighted by atomic mass is 32.1. The van der Waals surface area contributed by atoms with Gasteiger partial charge < -0.3 is 0 Å². The fourth-order valence-corrected chi connectivity index (χ4v) is 13.0. The van der Waals surface area contributed by atoms with Crippen LogP contribution in [0.15, 0.2) is 207 Å². The van der Waals surface area contributed by atoms with E-state index in [0.29, 0.717) is 0 Å². The number of benzene rings is 11. The van der Waals surface area contributed by atoms with Gasteiger partial charge in [-0.1, -0.05) is 140 Å². The topological polar surface area (TPSA) is 25.8 Å². The van der Waals surface area contributed by atoms with Crippen LogP contribution in [0.5, 0.6) is 0 Å². The van der Waals surface area contributed by atoms with Crippen LogP contribution in [-0.4, -0.2) is 9.97 Å². The molecule has 2 nitrogen and oxygen atoms in total. The van der Waals surface area contributed by atoms with Crippen LogP contribution in [0.4, 0.5) is 0 Å². The molecule has 0 spiro atoms. The van der Waals surface area contributed by atoms with Gasteiger partial charge in [-0.25, -0.2) is 0 Å². The van der Waals surface area contributed by atoms with Crippen LogP contribution in [0.2, 0.25) is 0 Å². The first-order chi connectivity index (χ1) is 32.3. The highest BCUT2D eigenvalue weighted by Gasteiger charge is 2.32. The standard InChI is InChI=1S/C62H34N2S/c1-2-13-47-46(12-1)56(36-25-29-63-30-26-36)60-50-19-8-17-43-40(22-24-51(59(43)50)61(60)57(47)37-27-31-64-32-28-37)52-33-38(34-53-41-11-3-4-20-54(41)65-62(52)53)39-21-23-49-45-15-6-10-35-9-5-14-44(55(35)45)48-18-7-16-42(39)58(48)49/h1-34H. The van der Waals surface area contributed by atoms with Gasteiger partial charge in [0.15, 0.2) is 0 Å². The van der Waals surface area contributed by atoms with Crippen molar-refractivity contribution in [3.8, 4) is 66.8 Å². The Morgan fingerprint density at radius 2 is 0.785 bits per heavy atom. The minimum Gasteiger partial charge on any atom is -0.265 e. The molecule has 3 aromatic heterocycles. The van der Waals surface area contributed by atoms with E-state index in [-0.39, 0.29) is 0 Å².